The highest BCUT2D eigenvalue weighted by Crippen LogP contribution is 2.31. The van der Waals surface area contributed by atoms with Gasteiger partial charge in [-0.3, -0.25) is 9.59 Å². The maximum atomic E-state index is 13.6. The van der Waals surface area contributed by atoms with E-state index in [1.807, 2.05) is 6.92 Å². The minimum atomic E-state index is -0.974. The molecule has 188 valence electrons. The van der Waals surface area contributed by atoms with Gasteiger partial charge in [0.2, 0.25) is 0 Å². The van der Waals surface area contributed by atoms with E-state index in [2.05, 4.69) is 15.3 Å². The first-order valence-electron chi connectivity index (χ1n) is 11.1. The van der Waals surface area contributed by atoms with Gasteiger partial charge >= 0.3 is 5.97 Å². The number of carboxylic acid groups (broad SMARTS) is 1. The number of anilines is 2. The molecule has 1 aliphatic rings. The molecule has 2 heterocycles. The Labute approximate surface area is 216 Å². The lowest BCUT2D eigenvalue weighted by Gasteiger charge is -2.20. The first kappa shape index (κ1) is 25.5. The Morgan fingerprint density at radius 3 is 2.64 bits per heavy atom. The van der Waals surface area contributed by atoms with E-state index in [0.29, 0.717) is 58.5 Å². The summed E-state index contributed by atoms with van der Waals surface area (Å²) in [6.45, 7) is 3.05. The van der Waals surface area contributed by atoms with E-state index in [9.17, 15) is 14.0 Å². The second-order valence-corrected chi connectivity index (χ2v) is 8.89. The Morgan fingerprint density at radius 2 is 1.94 bits per heavy atom. The molecule has 0 spiro atoms. The van der Waals surface area contributed by atoms with Gasteiger partial charge in [-0.05, 0) is 43.4 Å². The fourth-order valence-electron chi connectivity index (χ4n) is 3.94. The van der Waals surface area contributed by atoms with Gasteiger partial charge in [-0.25, -0.2) is 14.4 Å². The van der Waals surface area contributed by atoms with Gasteiger partial charge in [0, 0.05) is 42.2 Å². The van der Waals surface area contributed by atoms with Crippen molar-refractivity contribution < 1.29 is 23.8 Å². The van der Waals surface area contributed by atoms with Gasteiger partial charge in [0.05, 0.1) is 23.7 Å². The molecule has 4 rings (SSSR count). The molecule has 1 fully saturated rings. The summed E-state index contributed by atoms with van der Waals surface area (Å²) in [7, 11) is 0. The summed E-state index contributed by atoms with van der Waals surface area (Å²) in [5.74, 6) is -0.613. The third-order valence-electron chi connectivity index (χ3n) is 5.56. The molecule has 9 nitrogen and oxygen atoms in total. The van der Waals surface area contributed by atoms with Crippen molar-refractivity contribution in [3.8, 4) is 5.75 Å². The normalized spacial score (nSPS) is 13.4. The largest absolute Gasteiger partial charge is 0.494 e. The van der Waals surface area contributed by atoms with Crippen LogP contribution in [0.2, 0.25) is 5.02 Å². The van der Waals surface area contributed by atoms with Gasteiger partial charge in [0.25, 0.3) is 0 Å². The maximum absolute atomic E-state index is 13.6. The van der Waals surface area contributed by atoms with Crippen molar-refractivity contribution in [2.45, 2.75) is 13.3 Å². The standard InChI is InChI=1S/C24H23ClFN5O4S/c1-2-35-21-10-20-17(23(28-13-27-20)29-15-3-4-19(26)18(25)9-15)8-14(21)7-16(32)11-30-5-6-31(24(30)36)12-22(33)34/h3-4,8-10,13H,2,5-7,11-12H2,1H3,(H,33,34)(H,27,28,29). The van der Waals surface area contributed by atoms with E-state index in [0.717, 1.165) is 0 Å². The molecule has 0 aliphatic carbocycles. The molecule has 0 radical (unpaired) electrons. The summed E-state index contributed by atoms with van der Waals surface area (Å²) >= 11 is 11.2. The second kappa shape index (κ2) is 11.0. The van der Waals surface area contributed by atoms with Crippen molar-refractivity contribution in [1.82, 2.24) is 19.8 Å². The molecule has 2 aromatic carbocycles. The number of benzene rings is 2. The third-order valence-corrected chi connectivity index (χ3v) is 6.37. The second-order valence-electron chi connectivity index (χ2n) is 8.12. The zero-order chi connectivity index (χ0) is 25.8. The molecule has 0 atom stereocenters. The zero-order valence-electron chi connectivity index (χ0n) is 19.3. The van der Waals surface area contributed by atoms with Crippen molar-refractivity contribution in [1.29, 1.82) is 0 Å². The molecule has 12 heteroatoms. The number of aliphatic carboxylic acids is 1. The summed E-state index contributed by atoms with van der Waals surface area (Å²) in [6.07, 6.45) is 1.47. The van der Waals surface area contributed by atoms with Crippen LogP contribution in [0.1, 0.15) is 12.5 Å². The van der Waals surface area contributed by atoms with E-state index in [4.69, 9.17) is 33.7 Å². The summed E-state index contributed by atoms with van der Waals surface area (Å²) in [4.78, 5) is 35.9. The molecule has 1 aliphatic heterocycles. The van der Waals surface area contributed by atoms with E-state index in [1.54, 1.807) is 28.0 Å². The molecule has 1 saturated heterocycles. The van der Waals surface area contributed by atoms with E-state index < -0.39 is 11.8 Å². The SMILES string of the molecule is CCOc1cc2ncnc(Nc3ccc(F)c(Cl)c3)c2cc1CC(=O)CN1CCN(CC(=O)O)C1=S. The number of thiocarbonyl (C=S) groups is 1. The van der Waals surface area contributed by atoms with Crippen molar-refractivity contribution in [2.75, 3.05) is 38.1 Å². The van der Waals surface area contributed by atoms with Gasteiger partial charge < -0.3 is 25.0 Å². The molecule has 2 N–H and O–H groups in total. The number of hydrogen-bond acceptors (Lipinski definition) is 7. The number of carboxylic acids is 1. The van der Waals surface area contributed by atoms with Gasteiger partial charge in [0.15, 0.2) is 10.9 Å². The van der Waals surface area contributed by atoms with Crippen LogP contribution in [-0.2, 0) is 16.0 Å². The fourth-order valence-corrected chi connectivity index (χ4v) is 4.43. The number of ether oxygens (including phenoxy) is 1. The molecule has 3 aromatic rings. The Morgan fingerprint density at radius 1 is 1.19 bits per heavy atom. The highest BCUT2D eigenvalue weighted by Gasteiger charge is 2.28. The number of ketones is 1. The number of aromatic nitrogens is 2. The molecular formula is C24H23ClFN5O4S. The van der Waals surface area contributed by atoms with Crippen LogP contribution in [-0.4, -0.2) is 74.5 Å². The minimum Gasteiger partial charge on any atom is -0.494 e. The summed E-state index contributed by atoms with van der Waals surface area (Å²) in [6, 6.07) is 7.80. The number of rotatable bonds is 10. The number of nitrogens with zero attached hydrogens (tertiary/aromatic N) is 4. The first-order valence-corrected chi connectivity index (χ1v) is 11.9. The number of fused-ring (bicyclic) bond motifs is 1. The smallest absolute Gasteiger partial charge is 0.323 e. The Hall–Kier alpha value is -3.57. The van der Waals surface area contributed by atoms with Crippen LogP contribution in [0.25, 0.3) is 10.9 Å². The van der Waals surface area contributed by atoms with Crippen LogP contribution in [0, 0.1) is 5.82 Å². The number of nitrogens with one attached hydrogen (secondary N) is 1. The van der Waals surface area contributed by atoms with Crippen LogP contribution in [0.5, 0.6) is 5.75 Å². The highest BCUT2D eigenvalue weighted by molar-refractivity contribution is 7.80. The number of hydrogen-bond donors (Lipinski definition) is 2. The van der Waals surface area contributed by atoms with Crippen LogP contribution < -0.4 is 10.1 Å². The fraction of sp³-hybridized carbons (Fsp3) is 0.292. The average Bonchev–Trinajstić information content (AvgIpc) is 3.15. The maximum Gasteiger partial charge on any atom is 0.323 e. The van der Waals surface area contributed by atoms with Crippen LogP contribution in [0.4, 0.5) is 15.9 Å². The van der Waals surface area contributed by atoms with Gasteiger partial charge in [-0.1, -0.05) is 11.6 Å². The summed E-state index contributed by atoms with van der Waals surface area (Å²) < 4.78 is 19.3. The zero-order valence-corrected chi connectivity index (χ0v) is 20.9. The lowest BCUT2D eigenvalue weighted by atomic mass is 10.0. The van der Waals surface area contributed by atoms with Gasteiger partial charge in [-0.15, -0.1) is 0 Å². The molecular weight excluding hydrogens is 509 g/mol. The highest BCUT2D eigenvalue weighted by atomic mass is 35.5. The average molecular weight is 532 g/mol. The molecule has 0 bridgehead atoms. The molecule has 1 aromatic heterocycles. The van der Waals surface area contributed by atoms with E-state index in [-0.39, 0.29) is 30.3 Å². The number of Topliss-reactive ketones (excluding diaryl/α,β-unsaturated/α-hetero) is 1. The molecule has 0 amide bonds. The topological polar surface area (TPSA) is 108 Å². The van der Waals surface area contributed by atoms with E-state index >= 15 is 0 Å². The Kier molecular flexibility index (Phi) is 7.80. The van der Waals surface area contributed by atoms with Crippen molar-refractivity contribution in [2.24, 2.45) is 0 Å². The van der Waals surface area contributed by atoms with Crippen molar-refractivity contribution in [3.63, 3.8) is 0 Å². The third kappa shape index (κ3) is 5.80. The van der Waals surface area contributed by atoms with Crippen LogP contribution >= 0.6 is 23.8 Å². The van der Waals surface area contributed by atoms with Crippen molar-refractivity contribution in [3.05, 3.63) is 53.1 Å². The number of carbonyl (C=O) groups is 2. The Bertz CT molecular complexity index is 1340. The summed E-state index contributed by atoms with van der Waals surface area (Å²) in [5, 5.41) is 13.1. The lowest BCUT2D eigenvalue weighted by molar-refractivity contribution is -0.137. The number of halogens is 2. The summed E-state index contributed by atoms with van der Waals surface area (Å²) in [5.41, 5.74) is 1.80. The van der Waals surface area contributed by atoms with Crippen LogP contribution in [0.3, 0.4) is 0 Å². The van der Waals surface area contributed by atoms with Gasteiger partial charge in [-0.2, -0.15) is 0 Å². The number of carbonyl (C=O) groups excluding carboxylic acids is 1. The van der Waals surface area contributed by atoms with Gasteiger partial charge in [0.1, 0.15) is 30.3 Å². The lowest BCUT2D eigenvalue weighted by Crippen LogP contribution is -2.37. The molecule has 0 saturated carbocycles. The molecule has 0 unspecified atom stereocenters. The predicted octanol–water partition coefficient (Wildman–Crippen LogP) is 3.66. The van der Waals surface area contributed by atoms with E-state index in [1.165, 1.54) is 18.5 Å². The monoisotopic (exact) mass is 531 g/mol. The Balaban J connectivity index is 1.58. The molecule has 36 heavy (non-hydrogen) atoms. The quantitative estimate of drug-likeness (QED) is 0.376. The minimum absolute atomic E-state index is 0.0231. The predicted molar refractivity (Wildman–Crippen MR) is 137 cm³/mol. The first-order chi connectivity index (χ1) is 17.2. The van der Waals surface area contributed by atoms with Crippen LogP contribution in [0.15, 0.2) is 36.7 Å². The van der Waals surface area contributed by atoms with Crippen molar-refractivity contribution >= 4 is 63.1 Å².